The van der Waals surface area contributed by atoms with Gasteiger partial charge in [-0.25, -0.2) is 9.59 Å². The summed E-state index contributed by atoms with van der Waals surface area (Å²) >= 11 is 1.57. The molecule has 1 aromatic heterocycles. The van der Waals surface area contributed by atoms with Crippen molar-refractivity contribution in [1.82, 2.24) is 10.6 Å². The van der Waals surface area contributed by atoms with Crippen molar-refractivity contribution < 1.29 is 24.2 Å². The van der Waals surface area contributed by atoms with Crippen molar-refractivity contribution in [2.24, 2.45) is 0 Å². The van der Waals surface area contributed by atoms with Crippen LogP contribution in [0, 0.1) is 0 Å². The van der Waals surface area contributed by atoms with Crippen LogP contribution in [0.1, 0.15) is 18.9 Å². The van der Waals surface area contributed by atoms with Crippen molar-refractivity contribution in [2.45, 2.75) is 31.8 Å². The van der Waals surface area contributed by atoms with E-state index in [1.54, 1.807) is 11.3 Å². The number of carbonyl (C=O) groups excluding carboxylic acids is 2. The fraction of sp³-hybridized carbons (Fsp3) is 0.462. The summed E-state index contributed by atoms with van der Waals surface area (Å²) in [4.78, 5) is 33.8. The first-order valence-electron chi connectivity index (χ1n) is 6.30. The predicted octanol–water partition coefficient (Wildman–Crippen LogP) is 0.995. The summed E-state index contributed by atoms with van der Waals surface area (Å²) in [5, 5.41) is 17.8. The maximum absolute atomic E-state index is 11.7. The molecule has 0 aromatic carbocycles. The lowest BCUT2D eigenvalue weighted by Crippen LogP contribution is -2.49. The molecule has 21 heavy (non-hydrogen) atoms. The van der Waals surface area contributed by atoms with Gasteiger partial charge >= 0.3 is 18.0 Å². The standard InChI is InChI=1S/C13H18N2O5S/c1-8(5-9-3-4-21-7-9)14-13(19)15-10(12(17)18)6-11(16)20-2/h3-4,7-8,10H,5-6H2,1-2H3,(H,17,18)(H2,14,15,19)/t8?,10-/m0/s1. The van der Waals surface area contributed by atoms with Gasteiger partial charge in [-0.1, -0.05) is 0 Å². The van der Waals surface area contributed by atoms with Gasteiger partial charge in [0, 0.05) is 6.04 Å². The van der Waals surface area contributed by atoms with Crippen LogP contribution in [-0.2, 0) is 20.7 Å². The highest BCUT2D eigenvalue weighted by Gasteiger charge is 2.24. The first-order valence-corrected chi connectivity index (χ1v) is 7.24. The quantitative estimate of drug-likeness (QED) is 0.651. The van der Waals surface area contributed by atoms with Crippen LogP contribution in [0.2, 0.25) is 0 Å². The molecule has 0 spiro atoms. The molecule has 0 fully saturated rings. The first kappa shape index (κ1) is 17.0. The smallest absolute Gasteiger partial charge is 0.326 e. The third-order valence-corrected chi connectivity index (χ3v) is 3.43. The van der Waals surface area contributed by atoms with Gasteiger partial charge in [0.15, 0.2) is 0 Å². The zero-order valence-corrected chi connectivity index (χ0v) is 12.6. The molecule has 0 aliphatic heterocycles. The molecule has 0 aliphatic carbocycles. The monoisotopic (exact) mass is 314 g/mol. The number of urea groups is 1. The van der Waals surface area contributed by atoms with Gasteiger partial charge in [-0.3, -0.25) is 4.79 Å². The molecule has 8 heteroatoms. The van der Waals surface area contributed by atoms with Crippen LogP contribution in [0.5, 0.6) is 0 Å². The second kappa shape index (κ2) is 8.25. The number of aliphatic carboxylic acids is 1. The molecule has 2 amide bonds. The van der Waals surface area contributed by atoms with E-state index in [-0.39, 0.29) is 6.04 Å². The van der Waals surface area contributed by atoms with E-state index >= 15 is 0 Å². The lowest BCUT2D eigenvalue weighted by Gasteiger charge is -2.17. The SMILES string of the molecule is COC(=O)C[C@H](NC(=O)NC(C)Cc1ccsc1)C(=O)O. The average molecular weight is 314 g/mol. The minimum atomic E-state index is -1.31. The minimum absolute atomic E-state index is 0.160. The molecular weight excluding hydrogens is 296 g/mol. The van der Waals surface area contributed by atoms with Crippen LogP contribution in [-0.4, -0.2) is 42.3 Å². The Morgan fingerprint density at radius 1 is 1.38 bits per heavy atom. The van der Waals surface area contributed by atoms with Crippen molar-refractivity contribution >= 4 is 29.3 Å². The Morgan fingerprint density at radius 2 is 2.10 bits per heavy atom. The number of thiophene rings is 1. The largest absolute Gasteiger partial charge is 0.480 e. The molecule has 0 radical (unpaired) electrons. The molecule has 0 aliphatic rings. The Labute approximate surface area is 126 Å². The van der Waals surface area contributed by atoms with Crippen molar-refractivity contribution in [3.05, 3.63) is 22.4 Å². The maximum atomic E-state index is 11.7. The third kappa shape index (κ3) is 6.26. The Hall–Kier alpha value is -2.09. The fourth-order valence-corrected chi connectivity index (χ4v) is 2.37. The van der Waals surface area contributed by atoms with Gasteiger partial charge in [-0.15, -0.1) is 0 Å². The Kier molecular flexibility index (Phi) is 6.67. The summed E-state index contributed by atoms with van der Waals surface area (Å²) in [6.07, 6.45) is 0.226. The van der Waals surface area contributed by atoms with E-state index in [1.165, 1.54) is 0 Å². The van der Waals surface area contributed by atoms with E-state index in [2.05, 4.69) is 15.4 Å². The van der Waals surface area contributed by atoms with Gasteiger partial charge in [0.25, 0.3) is 0 Å². The second-order valence-corrected chi connectivity index (χ2v) is 5.31. The summed E-state index contributed by atoms with van der Waals surface area (Å²) in [6.45, 7) is 1.81. The van der Waals surface area contributed by atoms with E-state index in [0.717, 1.165) is 12.7 Å². The number of carboxylic acids is 1. The molecule has 1 heterocycles. The van der Waals surface area contributed by atoms with E-state index < -0.39 is 30.4 Å². The average Bonchev–Trinajstić information content (AvgIpc) is 2.89. The van der Waals surface area contributed by atoms with E-state index in [9.17, 15) is 14.4 Å². The summed E-state index contributed by atoms with van der Waals surface area (Å²) < 4.78 is 4.39. The van der Waals surface area contributed by atoms with Crippen LogP contribution < -0.4 is 10.6 Å². The normalized spacial score (nSPS) is 13.0. The second-order valence-electron chi connectivity index (χ2n) is 4.53. The molecule has 1 aromatic rings. The zero-order valence-electron chi connectivity index (χ0n) is 11.8. The molecule has 0 bridgehead atoms. The number of carboxylic acid groups (broad SMARTS) is 1. The lowest BCUT2D eigenvalue weighted by atomic mass is 10.1. The molecular formula is C13H18N2O5S. The van der Waals surface area contributed by atoms with Crippen LogP contribution in [0.3, 0.4) is 0 Å². The van der Waals surface area contributed by atoms with Crippen LogP contribution in [0.15, 0.2) is 16.8 Å². The van der Waals surface area contributed by atoms with Gasteiger partial charge in [-0.2, -0.15) is 11.3 Å². The highest BCUT2D eigenvalue weighted by molar-refractivity contribution is 7.07. The number of rotatable bonds is 7. The summed E-state index contributed by atoms with van der Waals surface area (Å²) in [6, 6.07) is -0.148. The van der Waals surface area contributed by atoms with Crippen molar-refractivity contribution in [2.75, 3.05) is 7.11 Å². The maximum Gasteiger partial charge on any atom is 0.326 e. The topological polar surface area (TPSA) is 105 Å². The first-order chi connectivity index (χ1) is 9.92. The molecule has 7 nitrogen and oxygen atoms in total. The Morgan fingerprint density at radius 3 is 2.62 bits per heavy atom. The number of esters is 1. The number of nitrogens with one attached hydrogen (secondary N) is 2. The van der Waals surface area contributed by atoms with Crippen LogP contribution in [0.25, 0.3) is 0 Å². The van der Waals surface area contributed by atoms with Gasteiger partial charge in [0.2, 0.25) is 0 Å². The molecule has 0 saturated carbocycles. The number of ether oxygens (including phenoxy) is 1. The molecule has 0 saturated heterocycles. The van der Waals surface area contributed by atoms with Gasteiger partial charge in [-0.05, 0) is 35.7 Å². The van der Waals surface area contributed by atoms with Crippen LogP contribution in [0.4, 0.5) is 4.79 Å². The van der Waals surface area contributed by atoms with E-state index in [1.807, 2.05) is 23.8 Å². The Balaban J connectivity index is 2.45. The molecule has 1 rings (SSSR count). The number of carbonyl (C=O) groups is 3. The van der Waals surface area contributed by atoms with E-state index in [4.69, 9.17) is 5.11 Å². The number of hydrogen-bond acceptors (Lipinski definition) is 5. The van der Waals surface area contributed by atoms with Crippen LogP contribution >= 0.6 is 11.3 Å². The van der Waals surface area contributed by atoms with E-state index in [0.29, 0.717) is 6.42 Å². The highest BCUT2D eigenvalue weighted by Crippen LogP contribution is 2.08. The molecule has 1 unspecified atom stereocenters. The predicted molar refractivity (Wildman–Crippen MR) is 77.2 cm³/mol. The van der Waals surface area contributed by atoms with Crippen molar-refractivity contribution in [3.63, 3.8) is 0 Å². The summed E-state index contributed by atoms with van der Waals surface area (Å²) in [5.41, 5.74) is 1.09. The number of amides is 2. The van der Waals surface area contributed by atoms with Gasteiger partial charge in [0.1, 0.15) is 6.04 Å². The lowest BCUT2D eigenvalue weighted by molar-refractivity contribution is -0.147. The fourth-order valence-electron chi connectivity index (χ4n) is 1.69. The zero-order chi connectivity index (χ0) is 15.8. The highest BCUT2D eigenvalue weighted by atomic mass is 32.1. The van der Waals surface area contributed by atoms with Crippen molar-refractivity contribution in [1.29, 1.82) is 0 Å². The minimum Gasteiger partial charge on any atom is -0.480 e. The van der Waals surface area contributed by atoms with Gasteiger partial charge in [0.05, 0.1) is 13.5 Å². The Bertz CT molecular complexity index is 489. The third-order valence-electron chi connectivity index (χ3n) is 2.70. The number of hydrogen-bond donors (Lipinski definition) is 3. The molecule has 116 valence electrons. The molecule has 3 N–H and O–H groups in total. The molecule has 2 atom stereocenters. The summed E-state index contributed by atoms with van der Waals surface area (Å²) in [5.74, 6) is -1.99. The number of methoxy groups -OCH3 is 1. The van der Waals surface area contributed by atoms with Crippen molar-refractivity contribution in [3.8, 4) is 0 Å². The summed E-state index contributed by atoms with van der Waals surface area (Å²) in [7, 11) is 1.16. The van der Waals surface area contributed by atoms with Gasteiger partial charge < -0.3 is 20.5 Å².